The Morgan fingerprint density at radius 3 is 2.82 bits per heavy atom. The van der Waals surface area contributed by atoms with Crippen molar-refractivity contribution in [2.24, 2.45) is 0 Å². The summed E-state index contributed by atoms with van der Waals surface area (Å²) in [4.78, 5) is 9.76. The van der Waals surface area contributed by atoms with E-state index < -0.39 is 27.8 Å². The van der Waals surface area contributed by atoms with Crippen molar-refractivity contribution in [3.8, 4) is 6.07 Å². The van der Waals surface area contributed by atoms with E-state index >= 15 is 0 Å². The van der Waals surface area contributed by atoms with Gasteiger partial charge in [0.1, 0.15) is 11.6 Å². The second-order valence-corrected chi connectivity index (χ2v) is 4.00. The molecule has 2 aromatic rings. The first-order valence-corrected chi connectivity index (χ1v) is 5.69. The van der Waals surface area contributed by atoms with Gasteiger partial charge in [0.2, 0.25) is 11.6 Å². The Kier molecular flexibility index (Phi) is 4.03. The molecule has 0 unspecified atom stereocenters. The molecule has 1 aromatic carbocycles. The van der Waals surface area contributed by atoms with Gasteiger partial charge in [-0.05, 0) is 12.1 Å². The average molecular weight is 307 g/mol. The topological polar surface area (TPSA) is 133 Å². The van der Waals surface area contributed by atoms with E-state index in [4.69, 9.17) is 5.26 Å². The zero-order valence-corrected chi connectivity index (χ0v) is 11.0. The highest BCUT2D eigenvalue weighted by Crippen LogP contribution is 2.29. The summed E-state index contributed by atoms with van der Waals surface area (Å²) in [6.45, 7) is 1.07. The monoisotopic (exact) mass is 307 g/mol. The normalized spacial score (nSPS) is 11.1. The summed E-state index contributed by atoms with van der Waals surface area (Å²) in [5, 5.41) is 34.6. The van der Waals surface area contributed by atoms with Crippen molar-refractivity contribution in [1.82, 2.24) is 20.6 Å². The van der Waals surface area contributed by atoms with E-state index in [0.29, 0.717) is 6.07 Å². The number of nitriles is 1. The molecule has 2 N–H and O–H groups in total. The number of nitro groups is 1. The molecule has 0 bridgehead atoms. The lowest BCUT2D eigenvalue weighted by Crippen LogP contribution is -2.03. The van der Waals surface area contributed by atoms with E-state index in [2.05, 4.69) is 25.9 Å². The Balaban J connectivity index is 2.42. The van der Waals surface area contributed by atoms with Crippen LogP contribution in [0.25, 0.3) is 5.57 Å². The van der Waals surface area contributed by atoms with Gasteiger partial charge in [-0.25, -0.2) is 4.39 Å². The molecule has 0 aliphatic heterocycles. The lowest BCUT2D eigenvalue weighted by molar-refractivity contribution is -0.387. The summed E-state index contributed by atoms with van der Waals surface area (Å²) >= 11 is 0. The first-order valence-electron chi connectivity index (χ1n) is 5.69. The molecule has 1 aromatic heterocycles. The van der Waals surface area contributed by atoms with Gasteiger partial charge >= 0.3 is 5.69 Å². The van der Waals surface area contributed by atoms with E-state index in [1.54, 1.807) is 6.07 Å². The van der Waals surface area contributed by atoms with Gasteiger partial charge in [0.25, 0.3) is 0 Å². The highest BCUT2D eigenvalue weighted by molar-refractivity contribution is 5.74. The van der Waals surface area contributed by atoms with Crippen LogP contribution < -0.4 is 5.32 Å². The molecule has 1 heterocycles. The van der Waals surface area contributed by atoms with Crippen molar-refractivity contribution < 1.29 is 13.7 Å². The van der Waals surface area contributed by atoms with E-state index in [1.165, 1.54) is 0 Å². The molecular formula is C11H7F2N7O2. The quantitative estimate of drug-likeness (QED) is 0.498. The van der Waals surface area contributed by atoms with Crippen LogP contribution in [-0.2, 0) is 0 Å². The van der Waals surface area contributed by atoms with Crippen molar-refractivity contribution in [2.45, 2.75) is 6.92 Å². The fourth-order valence-corrected chi connectivity index (χ4v) is 1.56. The molecule has 0 radical (unpaired) electrons. The maximum atomic E-state index is 13.9. The Hall–Kier alpha value is -3.42. The number of tetrazole rings is 1. The molecule has 22 heavy (non-hydrogen) atoms. The molecule has 2 rings (SSSR count). The second kappa shape index (κ2) is 5.92. The number of hydrogen-bond acceptors (Lipinski definition) is 7. The summed E-state index contributed by atoms with van der Waals surface area (Å²) in [5.41, 5.74) is -1.85. The molecule has 9 nitrogen and oxygen atoms in total. The number of halogens is 2. The molecule has 0 amide bonds. The van der Waals surface area contributed by atoms with Gasteiger partial charge < -0.3 is 5.32 Å². The smallest absolute Gasteiger partial charge is 0.307 e. The summed E-state index contributed by atoms with van der Waals surface area (Å²) < 4.78 is 27.5. The third-order valence-corrected chi connectivity index (χ3v) is 2.68. The lowest BCUT2D eigenvalue weighted by Gasteiger charge is -2.07. The largest absolute Gasteiger partial charge is 0.358 e. The van der Waals surface area contributed by atoms with Crippen molar-refractivity contribution in [2.75, 3.05) is 5.32 Å². The van der Waals surface area contributed by atoms with Crippen molar-refractivity contribution in [3.63, 3.8) is 0 Å². The number of nitrogens with one attached hydrogen (secondary N) is 2. The Morgan fingerprint density at radius 1 is 1.55 bits per heavy atom. The number of anilines is 1. The lowest BCUT2D eigenvalue weighted by atomic mass is 10.1. The molecular weight excluding hydrogens is 300 g/mol. The van der Waals surface area contributed by atoms with Gasteiger partial charge in [0.15, 0.2) is 5.82 Å². The number of nitrogens with zero attached hydrogens (tertiary/aromatic N) is 5. The first-order chi connectivity index (χ1) is 10.5. The standard InChI is InChI=1S/C11H7F2N7O2/c1-5-9(12)7(2-8(10(5)13)20(21)22)15-4-6(3-14)11-16-18-19-17-11/h2,4,15H,1H3,(H,16,17,18,19). The Morgan fingerprint density at radius 2 is 2.27 bits per heavy atom. The van der Waals surface area contributed by atoms with Crippen molar-refractivity contribution in [3.05, 3.63) is 45.4 Å². The van der Waals surface area contributed by atoms with Crippen LogP contribution in [0.2, 0.25) is 0 Å². The molecule has 0 aliphatic carbocycles. The number of allylic oxidation sites excluding steroid dienone is 1. The highest BCUT2D eigenvalue weighted by Gasteiger charge is 2.22. The highest BCUT2D eigenvalue weighted by atomic mass is 19.1. The number of aromatic amines is 1. The van der Waals surface area contributed by atoms with Gasteiger partial charge in [-0.1, -0.05) is 0 Å². The Labute approximate surface area is 121 Å². The summed E-state index contributed by atoms with van der Waals surface area (Å²) in [6, 6.07) is 2.43. The third kappa shape index (κ3) is 2.70. The zero-order chi connectivity index (χ0) is 16.3. The first kappa shape index (κ1) is 15.0. The summed E-state index contributed by atoms with van der Waals surface area (Å²) in [7, 11) is 0. The van der Waals surface area contributed by atoms with Gasteiger partial charge in [-0.2, -0.15) is 14.9 Å². The minimum Gasteiger partial charge on any atom is -0.358 e. The van der Waals surface area contributed by atoms with E-state index in [-0.39, 0.29) is 17.1 Å². The van der Waals surface area contributed by atoms with Gasteiger partial charge in [-0.3, -0.25) is 10.1 Å². The van der Waals surface area contributed by atoms with Gasteiger partial charge in [-0.15, -0.1) is 10.2 Å². The fraction of sp³-hybridized carbons (Fsp3) is 0.0909. The predicted octanol–water partition coefficient (Wildman–Crippen LogP) is 1.67. The molecule has 11 heteroatoms. The molecule has 112 valence electrons. The van der Waals surface area contributed by atoms with E-state index in [9.17, 15) is 18.9 Å². The van der Waals surface area contributed by atoms with Gasteiger partial charge in [0, 0.05) is 17.8 Å². The molecule has 0 saturated carbocycles. The van der Waals surface area contributed by atoms with Crippen LogP contribution in [0.15, 0.2) is 12.3 Å². The molecule has 0 fully saturated rings. The maximum absolute atomic E-state index is 13.9. The van der Waals surface area contributed by atoms with Crippen LogP contribution in [0.1, 0.15) is 11.4 Å². The number of H-pyrrole nitrogens is 1. The average Bonchev–Trinajstić information content (AvgIpc) is 3.01. The number of rotatable bonds is 4. The van der Waals surface area contributed by atoms with Crippen molar-refractivity contribution >= 4 is 16.9 Å². The number of nitro benzene ring substituents is 1. The van der Waals surface area contributed by atoms with E-state index in [1.807, 2.05) is 0 Å². The van der Waals surface area contributed by atoms with Crippen LogP contribution in [-0.4, -0.2) is 25.5 Å². The Bertz CT molecular complexity index is 796. The minimum atomic E-state index is -1.25. The number of aromatic nitrogens is 4. The maximum Gasteiger partial charge on any atom is 0.307 e. The number of benzene rings is 1. The van der Waals surface area contributed by atoms with Gasteiger partial charge in [0.05, 0.1) is 10.6 Å². The minimum absolute atomic E-state index is 0.0521. The van der Waals surface area contributed by atoms with Crippen LogP contribution in [0.4, 0.5) is 20.2 Å². The summed E-state index contributed by atoms with van der Waals surface area (Å²) in [5.74, 6) is -2.32. The molecule has 0 saturated heterocycles. The predicted molar refractivity (Wildman–Crippen MR) is 69.1 cm³/mol. The summed E-state index contributed by atoms with van der Waals surface area (Å²) in [6.07, 6.45) is 1.03. The molecule has 0 atom stereocenters. The zero-order valence-electron chi connectivity index (χ0n) is 11.0. The second-order valence-electron chi connectivity index (χ2n) is 4.00. The van der Waals surface area contributed by atoms with Crippen molar-refractivity contribution in [1.29, 1.82) is 5.26 Å². The van der Waals surface area contributed by atoms with Crippen LogP contribution in [0, 0.1) is 40.0 Å². The van der Waals surface area contributed by atoms with Crippen LogP contribution in [0.5, 0.6) is 0 Å². The van der Waals surface area contributed by atoms with Crippen LogP contribution in [0.3, 0.4) is 0 Å². The third-order valence-electron chi connectivity index (χ3n) is 2.68. The molecule has 0 spiro atoms. The fourth-order valence-electron chi connectivity index (χ4n) is 1.56. The SMILES string of the molecule is Cc1c(F)c(NC=C(C#N)c2nn[nH]n2)cc([N+](=O)[O-])c1F. The molecule has 0 aliphatic rings. The number of hydrogen-bond donors (Lipinski definition) is 2. The van der Waals surface area contributed by atoms with E-state index in [0.717, 1.165) is 13.1 Å². The van der Waals surface area contributed by atoms with Crippen LogP contribution >= 0.6 is 0 Å².